The van der Waals surface area contributed by atoms with Crippen molar-refractivity contribution in [1.29, 1.82) is 0 Å². The maximum absolute atomic E-state index is 12.7. The van der Waals surface area contributed by atoms with E-state index < -0.39 is 0 Å². The molecule has 2 heterocycles. The number of hydrogen-bond donors (Lipinski definition) is 0. The van der Waals surface area contributed by atoms with E-state index in [0.717, 1.165) is 24.3 Å². The lowest BCUT2D eigenvalue weighted by Gasteiger charge is -2.23. The van der Waals surface area contributed by atoms with Gasteiger partial charge in [-0.3, -0.25) is 9.59 Å². The highest BCUT2D eigenvalue weighted by molar-refractivity contribution is 8.19. The van der Waals surface area contributed by atoms with Crippen molar-refractivity contribution in [3.05, 3.63) is 23.8 Å². The van der Waals surface area contributed by atoms with Crippen LogP contribution in [-0.4, -0.2) is 48.0 Å². The molecule has 1 atom stereocenters. The minimum absolute atomic E-state index is 0.0847. The largest absolute Gasteiger partial charge is 0.493 e. The van der Waals surface area contributed by atoms with E-state index in [1.807, 2.05) is 46.6 Å². The molecule has 1 saturated carbocycles. The molecule has 0 bridgehead atoms. The van der Waals surface area contributed by atoms with Crippen LogP contribution in [0.15, 0.2) is 18.2 Å². The molecule has 1 amide bonds. The first-order valence-corrected chi connectivity index (χ1v) is 11.7. The molecular weight excluding hydrogens is 382 g/mol. The summed E-state index contributed by atoms with van der Waals surface area (Å²) in [4.78, 5) is 26.9. The maximum atomic E-state index is 12.7. The van der Waals surface area contributed by atoms with E-state index in [-0.39, 0.29) is 24.2 Å². The Morgan fingerprint density at radius 3 is 2.59 bits per heavy atom. The Hall–Kier alpha value is -1.34. The van der Waals surface area contributed by atoms with E-state index in [1.54, 1.807) is 7.11 Å². The molecule has 3 aliphatic rings. The highest BCUT2D eigenvalue weighted by Crippen LogP contribution is 2.47. The van der Waals surface area contributed by atoms with Gasteiger partial charge in [-0.2, -0.15) is 0 Å². The number of amides is 1. The van der Waals surface area contributed by atoms with E-state index in [4.69, 9.17) is 9.47 Å². The summed E-state index contributed by atoms with van der Waals surface area (Å²) >= 11 is 3.85. The fraction of sp³-hybridized carbons (Fsp3) is 0.600. The average molecular weight is 408 g/mol. The van der Waals surface area contributed by atoms with Gasteiger partial charge in [-0.15, -0.1) is 23.5 Å². The molecule has 3 fully saturated rings. The van der Waals surface area contributed by atoms with Crippen LogP contribution in [0.2, 0.25) is 0 Å². The Morgan fingerprint density at radius 2 is 1.89 bits per heavy atom. The second-order valence-electron chi connectivity index (χ2n) is 7.29. The van der Waals surface area contributed by atoms with Crippen molar-refractivity contribution in [2.75, 3.05) is 25.2 Å². The smallest absolute Gasteiger partial charge is 0.316 e. The van der Waals surface area contributed by atoms with Crippen LogP contribution in [-0.2, 0) is 9.59 Å². The topological polar surface area (TPSA) is 55.8 Å². The molecule has 0 unspecified atom stereocenters. The average Bonchev–Trinajstić information content (AvgIpc) is 3.43. The van der Waals surface area contributed by atoms with Crippen LogP contribution < -0.4 is 9.47 Å². The van der Waals surface area contributed by atoms with Gasteiger partial charge in [0.2, 0.25) is 5.91 Å². The Bertz CT molecular complexity index is 714. The summed E-state index contributed by atoms with van der Waals surface area (Å²) in [5, 5.41) is 0. The number of benzene rings is 1. The van der Waals surface area contributed by atoms with Gasteiger partial charge in [0.05, 0.1) is 17.6 Å². The van der Waals surface area contributed by atoms with Crippen molar-refractivity contribution in [3.8, 4) is 11.5 Å². The number of nitrogens with zero attached hydrogens (tertiary/aromatic N) is 1. The van der Waals surface area contributed by atoms with Gasteiger partial charge in [0, 0.05) is 30.5 Å². The van der Waals surface area contributed by atoms with Gasteiger partial charge >= 0.3 is 5.97 Å². The Balaban J connectivity index is 1.42. The molecule has 27 heavy (non-hydrogen) atoms. The standard InChI is InChI=1S/C20H25NO4S2/c1-24-17-10-13(20-26-8-9-27-20)6-7-16(17)25-19(23)14-11-18(22)21(12-14)15-4-2-3-5-15/h6-7,10,14-15,20H,2-5,8-9,11-12H2,1H3/t14-/m0/s1. The first-order valence-electron chi connectivity index (χ1n) is 9.58. The molecule has 4 rings (SSSR count). The maximum Gasteiger partial charge on any atom is 0.316 e. The molecule has 0 radical (unpaired) electrons. The molecule has 146 valence electrons. The van der Waals surface area contributed by atoms with Crippen molar-refractivity contribution >= 4 is 35.4 Å². The number of esters is 1. The van der Waals surface area contributed by atoms with Crippen LogP contribution in [0.1, 0.15) is 42.2 Å². The molecule has 2 aliphatic heterocycles. The van der Waals surface area contributed by atoms with Crippen molar-refractivity contribution < 1.29 is 19.1 Å². The van der Waals surface area contributed by atoms with E-state index in [0.29, 0.717) is 28.7 Å². The zero-order chi connectivity index (χ0) is 18.8. The second-order valence-corrected chi connectivity index (χ2v) is 10.0. The quantitative estimate of drug-likeness (QED) is 0.546. The number of ether oxygens (including phenoxy) is 2. The number of carbonyl (C=O) groups is 2. The fourth-order valence-corrected chi connectivity index (χ4v) is 6.95. The number of rotatable bonds is 5. The number of carbonyl (C=O) groups excluding carboxylic acids is 2. The van der Waals surface area contributed by atoms with Gasteiger partial charge in [0.25, 0.3) is 0 Å². The first-order chi connectivity index (χ1) is 13.2. The van der Waals surface area contributed by atoms with Gasteiger partial charge in [-0.1, -0.05) is 18.9 Å². The SMILES string of the molecule is COc1cc(C2SCCS2)ccc1OC(=O)[C@H]1CC(=O)N(C2CCCC2)C1. The zero-order valence-electron chi connectivity index (χ0n) is 15.5. The lowest BCUT2D eigenvalue weighted by Crippen LogP contribution is -2.35. The molecule has 0 N–H and O–H groups in total. The number of hydrogen-bond acceptors (Lipinski definition) is 6. The van der Waals surface area contributed by atoms with Crippen molar-refractivity contribution in [1.82, 2.24) is 4.90 Å². The number of methoxy groups -OCH3 is 1. The van der Waals surface area contributed by atoms with Crippen LogP contribution in [0.25, 0.3) is 0 Å². The minimum atomic E-state index is -0.386. The van der Waals surface area contributed by atoms with Gasteiger partial charge in [-0.05, 0) is 30.5 Å². The summed E-state index contributed by atoms with van der Waals surface area (Å²) in [5.41, 5.74) is 1.18. The third kappa shape index (κ3) is 4.09. The number of thioether (sulfide) groups is 2. The molecule has 1 aromatic rings. The van der Waals surface area contributed by atoms with E-state index >= 15 is 0 Å². The second kappa shape index (κ2) is 8.35. The highest BCUT2D eigenvalue weighted by atomic mass is 32.2. The highest BCUT2D eigenvalue weighted by Gasteiger charge is 2.39. The molecule has 1 aliphatic carbocycles. The third-order valence-electron chi connectivity index (χ3n) is 5.55. The predicted molar refractivity (Wildman–Crippen MR) is 108 cm³/mol. The molecule has 5 nitrogen and oxygen atoms in total. The summed E-state index contributed by atoms with van der Waals surface area (Å²) in [7, 11) is 1.59. The third-order valence-corrected chi connectivity index (χ3v) is 8.65. The molecule has 2 saturated heterocycles. The molecular formula is C20H25NO4S2. The summed E-state index contributed by atoms with van der Waals surface area (Å²) in [6.45, 7) is 0.484. The summed E-state index contributed by atoms with van der Waals surface area (Å²) in [6, 6.07) is 6.09. The number of likely N-dealkylation sites (tertiary alicyclic amines) is 1. The summed E-state index contributed by atoms with van der Waals surface area (Å²) in [5.74, 6) is 2.68. The predicted octanol–water partition coefficient (Wildman–Crippen LogP) is 3.87. The van der Waals surface area contributed by atoms with Crippen molar-refractivity contribution in [2.24, 2.45) is 5.92 Å². The van der Waals surface area contributed by atoms with Crippen LogP contribution in [0.5, 0.6) is 11.5 Å². The molecule has 7 heteroatoms. The van der Waals surface area contributed by atoms with Crippen molar-refractivity contribution in [3.63, 3.8) is 0 Å². The monoisotopic (exact) mass is 407 g/mol. The van der Waals surface area contributed by atoms with Gasteiger partial charge in [0.1, 0.15) is 0 Å². The van der Waals surface area contributed by atoms with E-state index in [1.165, 1.54) is 18.4 Å². The molecule has 0 spiro atoms. The lowest BCUT2D eigenvalue weighted by molar-refractivity contribution is -0.139. The van der Waals surface area contributed by atoms with Crippen LogP contribution in [0, 0.1) is 5.92 Å². The zero-order valence-corrected chi connectivity index (χ0v) is 17.2. The lowest BCUT2D eigenvalue weighted by atomic mass is 10.1. The Labute approximate surface area is 168 Å². The Kier molecular flexibility index (Phi) is 5.88. The van der Waals surface area contributed by atoms with Gasteiger partial charge in [-0.25, -0.2) is 0 Å². The Morgan fingerprint density at radius 1 is 1.15 bits per heavy atom. The first kappa shape index (κ1) is 19.0. The van der Waals surface area contributed by atoms with E-state index in [9.17, 15) is 9.59 Å². The van der Waals surface area contributed by atoms with Crippen LogP contribution in [0.4, 0.5) is 0 Å². The van der Waals surface area contributed by atoms with Crippen molar-refractivity contribution in [2.45, 2.75) is 42.7 Å². The summed E-state index contributed by atoms with van der Waals surface area (Å²) < 4.78 is 11.5. The minimum Gasteiger partial charge on any atom is -0.493 e. The molecule has 1 aromatic carbocycles. The van der Waals surface area contributed by atoms with Crippen LogP contribution >= 0.6 is 23.5 Å². The fourth-order valence-electron chi connectivity index (χ4n) is 4.12. The van der Waals surface area contributed by atoms with Gasteiger partial charge < -0.3 is 14.4 Å². The summed E-state index contributed by atoms with van der Waals surface area (Å²) in [6.07, 6.45) is 4.71. The van der Waals surface area contributed by atoms with Crippen LogP contribution in [0.3, 0.4) is 0 Å². The van der Waals surface area contributed by atoms with E-state index in [2.05, 4.69) is 0 Å². The van der Waals surface area contributed by atoms with Gasteiger partial charge in [0.15, 0.2) is 11.5 Å². The molecule has 0 aromatic heterocycles. The normalized spacial score (nSPS) is 24.0.